The van der Waals surface area contributed by atoms with Gasteiger partial charge in [0.2, 0.25) is 0 Å². The fourth-order valence-electron chi connectivity index (χ4n) is 1.27. The highest BCUT2D eigenvalue weighted by Crippen LogP contribution is 2.16. The number of esters is 1. The van der Waals surface area contributed by atoms with Gasteiger partial charge in [0.05, 0.1) is 12.7 Å². The second kappa shape index (κ2) is 5.21. The van der Waals surface area contributed by atoms with Gasteiger partial charge in [-0.25, -0.2) is 19.4 Å². The van der Waals surface area contributed by atoms with E-state index < -0.39 is 5.97 Å². The molecule has 0 spiro atoms. The van der Waals surface area contributed by atoms with Crippen LogP contribution in [0.15, 0.2) is 18.7 Å². The fraction of sp³-hybridized carbons (Fsp3) is 0.300. The fourth-order valence-corrected chi connectivity index (χ4v) is 1.27. The third kappa shape index (κ3) is 2.59. The first-order chi connectivity index (χ1) is 8.70. The van der Waals surface area contributed by atoms with E-state index >= 15 is 0 Å². The highest BCUT2D eigenvalue weighted by Gasteiger charge is 2.12. The Kier molecular flexibility index (Phi) is 3.46. The Balaban J connectivity index is 2.15. The number of aryl methyl sites for hydroxylation is 1. The minimum Gasteiger partial charge on any atom is -0.466 e. The Morgan fingerprint density at radius 2 is 2.11 bits per heavy atom. The summed E-state index contributed by atoms with van der Waals surface area (Å²) < 4.78 is 11.0. The van der Waals surface area contributed by atoms with E-state index in [-0.39, 0.29) is 12.6 Å². The first-order valence-electron chi connectivity index (χ1n) is 5.06. The van der Waals surface area contributed by atoms with Crippen LogP contribution in [0.2, 0.25) is 0 Å². The first kappa shape index (κ1) is 12.0. The van der Waals surface area contributed by atoms with Gasteiger partial charge in [-0.3, -0.25) is 0 Å². The lowest BCUT2D eigenvalue weighted by Crippen LogP contribution is -2.13. The number of methoxy groups -OCH3 is 1. The van der Waals surface area contributed by atoms with E-state index in [1.54, 1.807) is 19.4 Å². The molecule has 18 heavy (non-hydrogen) atoms. The van der Waals surface area contributed by atoms with Crippen molar-refractivity contribution in [2.24, 2.45) is 7.05 Å². The molecule has 8 nitrogen and oxygen atoms in total. The summed E-state index contributed by atoms with van der Waals surface area (Å²) in [6, 6.07) is 0.0988. The van der Waals surface area contributed by atoms with Gasteiger partial charge < -0.3 is 9.47 Å². The number of hydrogen-bond acceptors (Lipinski definition) is 7. The Morgan fingerprint density at radius 1 is 1.39 bits per heavy atom. The molecular formula is C10H11N5O3. The average Bonchev–Trinajstić information content (AvgIpc) is 2.78. The molecule has 94 valence electrons. The molecular weight excluding hydrogens is 238 g/mol. The number of rotatable bonds is 4. The Bertz CT molecular complexity index is 540. The number of ether oxygens (including phenoxy) is 2. The summed E-state index contributed by atoms with van der Waals surface area (Å²) in [6.07, 6.45) is 4.65. The van der Waals surface area contributed by atoms with Crippen molar-refractivity contribution in [3.8, 4) is 17.4 Å². The van der Waals surface area contributed by atoms with Crippen molar-refractivity contribution in [3.63, 3.8) is 0 Å². The summed E-state index contributed by atoms with van der Waals surface area (Å²) in [6.45, 7) is -0.231. The van der Waals surface area contributed by atoms with E-state index in [0.29, 0.717) is 11.4 Å². The van der Waals surface area contributed by atoms with Crippen LogP contribution in [-0.2, 0) is 16.6 Å². The molecule has 0 aliphatic carbocycles. The topological polar surface area (TPSA) is 92.0 Å². The van der Waals surface area contributed by atoms with Crippen LogP contribution in [0.25, 0.3) is 11.4 Å². The maximum atomic E-state index is 10.9. The van der Waals surface area contributed by atoms with Gasteiger partial charge in [0.15, 0.2) is 12.4 Å². The molecule has 0 bridgehead atoms. The summed E-state index contributed by atoms with van der Waals surface area (Å²) in [5.41, 5.74) is 0.709. The lowest BCUT2D eigenvalue weighted by molar-refractivity contribution is -0.143. The van der Waals surface area contributed by atoms with Crippen molar-refractivity contribution < 1.29 is 14.3 Å². The molecule has 0 atom stereocenters. The summed E-state index contributed by atoms with van der Waals surface area (Å²) in [4.78, 5) is 22.8. The van der Waals surface area contributed by atoms with Crippen molar-refractivity contribution in [1.82, 2.24) is 24.7 Å². The minimum absolute atomic E-state index is 0.0988. The van der Waals surface area contributed by atoms with Crippen LogP contribution in [0.5, 0.6) is 6.01 Å². The zero-order chi connectivity index (χ0) is 13.0. The van der Waals surface area contributed by atoms with Gasteiger partial charge in [-0.2, -0.15) is 4.98 Å². The maximum absolute atomic E-state index is 10.9. The highest BCUT2D eigenvalue weighted by molar-refractivity contribution is 5.70. The molecule has 0 unspecified atom stereocenters. The quantitative estimate of drug-likeness (QED) is 0.694. The Labute approximate surface area is 103 Å². The van der Waals surface area contributed by atoms with Crippen LogP contribution >= 0.6 is 0 Å². The second-order valence-corrected chi connectivity index (χ2v) is 3.33. The third-order valence-corrected chi connectivity index (χ3v) is 2.11. The molecule has 0 saturated heterocycles. The molecule has 2 aromatic heterocycles. The minimum atomic E-state index is -0.493. The number of carbonyl (C=O) groups is 1. The van der Waals surface area contributed by atoms with E-state index in [1.807, 2.05) is 0 Å². The normalized spacial score (nSPS) is 10.1. The summed E-state index contributed by atoms with van der Waals surface area (Å²) >= 11 is 0. The van der Waals surface area contributed by atoms with Gasteiger partial charge in [-0.1, -0.05) is 0 Å². The number of hydrogen-bond donors (Lipinski definition) is 0. The van der Waals surface area contributed by atoms with E-state index in [2.05, 4.69) is 24.8 Å². The predicted octanol–water partition coefficient (Wildman–Crippen LogP) is -0.176. The zero-order valence-electron chi connectivity index (χ0n) is 9.90. The van der Waals surface area contributed by atoms with Gasteiger partial charge in [0, 0.05) is 19.4 Å². The van der Waals surface area contributed by atoms with Crippen LogP contribution in [0.3, 0.4) is 0 Å². The van der Waals surface area contributed by atoms with Crippen molar-refractivity contribution in [2.75, 3.05) is 13.7 Å². The molecule has 0 amide bonds. The molecule has 0 radical (unpaired) electrons. The van der Waals surface area contributed by atoms with E-state index in [0.717, 1.165) is 0 Å². The molecule has 2 heterocycles. The van der Waals surface area contributed by atoms with Crippen molar-refractivity contribution in [2.45, 2.75) is 0 Å². The van der Waals surface area contributed by atoms with Gasteiger partial charge in [-0.05, 0) is 0 Å². The monoisotopic (exact) mass is 249 g/mol. The molecule has 0 fully saturated rings. The third-order valence-electron chi connectivity index (χ3n) is 2.11. The average molecular weight is 249 g/mol. The number of aromatic nitrogens is 5. The standard InChI is InChI=1S/C10H11N5O3/c1-15-9(7-3-11-6-12-4-7)13-10(14-15)18-5-8(16)17-2/h3-4,6H,5H2,1-2H3. The molecule has 0 aromatic carbocycles. The van der Waals surface area contributed by atoms with Crippen molar-refractivity contribution in [3.05, 3.63) is 18.7 Å². The van der Waals surface area contributed by atoms with E-state index in [1.165, 1.54) is 18.1 Å². The lowest BCUT2D eigenvalue weighted by Gasteiger charge is -1.98. The van der Waals surface area contributed by atoms with Gasteiger partial charge in [-0.15, -0.1) is 5.10 Å². The molecule has 2 aromatic rings. The van der Waals surface area contributed by atoms with Crippen molar-refractivity contribution >= 4 is 5.97 Å². The first-order valence-corrected chi connectivity index (χ1v) is 5.06. The van der Waals surface area contributed by atoms with Gasteiger partial charge >= 0.3 is 12.0 Å². The molecule has 0 saturated carbocycles. The lowest BCUT2D eigenvalue weighted by atomic mass is 10.3. The van der Waals surface area contributed by atoms with Gasteiger partial charge in [0.1, 0.15) is 6.33 Å². The van der Waals surface area contributed by atoms with E-state index in [9.17, 15) is 4.79 Å². The highest BCUT2D eigenvalue weighted by atomic mass is 16.6. The zero-order valence-corrected chi connectivity index (χ0v) is 9.90. The Morgan fingerprint density at radius 3 is 2.78 bits per heavy atom. The molecule has 0 N–H and O–H groups in total. The summed E-state index contributed by atoms with van der Waals surface area (Å²) in [5, 5.41) is 4.01. The second-order valence-electron chi connectivity index (χ2n) is 3.33. The largest absolute Gasteiger partial charge is 0.466 e. The Hall–Kier alpha value is -2.51. The van der Waals surface area contributed by atoms with Crippen LogP contribution in [0.1, 0.15) is 0 Å². The maximum Gasteiger partial charge on any atom is 0.344 e. The molecule has 8 heteroatoms. The summed E-state index contributed by atoms with van der Waals surface area (Å²) in [5.74, 6) is 0.0579. The van der Waals surface area contributed by atoms with Crippen molar-refractivity contribution in [1.29, 1.82) is 0 Å². The predicted molar refractivity (Wildman–Crippen MR) is 59.5 cm³/mol. The molecule has 0 aliphatic heterocycles. The smallest absolute Gasteiger partial charge is 0.344 e. The van der Waals surface area contributed by atoms with Crippen LogP contribution in [-0.4, -0.2) is 44.4 Å². The number of nitrogens with zero attached hydrogens (tertiary/aromatic N) is 5. The van der Waals surface area contributed by atoms with Crippen LogP contribution < -0.4 is 4.74 Å². The number of carbonyl (C=O) groups excluding carboxylic acids is 1. The van der Waals surface area contributed by atoms with Gasteiger partial charge in [0.25, 0.3) is 0 Å². The van der Waals surface area contributed by atoms with E-state index in [4.69, 9.17) is 4.74 Å². The summed E-state index contributed by atoms with van der Waals surface area (Å²) in [7, 11) is 2.99. The van der Waals surface area contributed by atoms with Crippen LogP contribution in [0, 0.1) is 0 Å². The SMILES string of the molecule is COC(=O)COc1nc(-c2cncnc2)n(C)n1. The van der Waals surface area contributed by atoms with Crippen LogP contribution in [0.4, 0.5) is 0 Å². The molecule has 0 aliphatic rings. The molecule has 2 rings (SSSR count).